The van der Waals surface area contributed by atoms with Crippen molar-refractivity contribution in [1.29, 1.82) is 0 Å². The van der Waals surface area contributed by atoms with Crippen molar-refractivity contribution in [3.05, 3.63) is 33.8 Å². The van der Waals surface area contributed by atoms with Crippen molar-refractivity contribution < 1.29 is 9.59 Å². The lowest BCUT2D eigenvalue weighted by Crippen LogP contribution is -2.38. The SMILES string of the molecule is CCC(C)NCCN1C(=O)c2ccc(Br)cc2C1=O. The third-order valence-corrected chi connectivity index (χ3v) is 3.87. The van der Waals surface area contributed by atoms with Gasteiger partial charge in [-0.3, -0.25) is 14.5 Å². The zero-order chi connectivity index (χ0) is 14.0. The molecule has 1 N–H and O–H groups in total. The van der Waals surface area contributed by atoms with E-state index in [2.05, 4.69) is 35.1 Å². The number of nitrogens with one attached hydrogen (secondary N) is 1. The van der Waals surface area contributed by atoms with Crippen LogP contribution in [0, 0.1) is 0 Å². The molecule has 0 aliphatic carbocycles. The van der Waals surface area contributed by atoms with Gasteiger partial charge in [0.05, 0.1) is 11.1 Å². The minimum Gasteiger partial charge on any atom is -0.312 e. The van der Waals surface area contributed by atoms with E-state index in [4.69, 9.17) is 0 Å². The van der Waals surface area contributed by atoms with Gasteiger partial charge in [0.25, 0.3) is 11.8 Å². The first-order valence-corrected chi connectivity index (χ1v) is 7.23. The van der Waals surface area contributed by atoms with Crippen LogP contribution in [0.1, 0.15) is 41.0 Å². The van der Waals surface area contributed by atoms with Gasteiger partial charge in [0.15, 0.2) is 0 Å². The van der Waals surface area contributed by atoms with E-state index in [1.165, 1.54) is 4.90 Å². The average molecular weight is 325 g/mol. The van der Waals surface area contributed by atoms with E-state index in [0.717, 1.165) is 10.9 Å². The lowest BCUT2D eigenvalue weighted by atomic mass is 10.1. The Balaban J connectivity index is 2.06. The molecule has 102 valence electrons. The highest BCUT2D eigenvalue weighted by molar-refractivity contribution is 9.10. The second-order valence-electron chi connectivity index (χ2n) is 4.72. The van der Waals surface area contributed by atoms with Crippen molar-refractivity contribution in [2.24, 2.45) is 0 Å². The molecular weight excluding hydrogens is 308 g/mol. The number of nitrogens with zero attached hydrogens (tertiary/aromatic N) is 1. The molecule has 2 rings (SSSR count). The molecule has 4 nitrogen and oxygen atoms in total. The van der Waals surface area contributed by atoms with E-state index in [1.54, 1.807) is 18.2 Å². The van der Waals surface area contributed by atoms with Gasteiger partial charge in [-0.25, -0.2) is 0 Å². The van der Waals surface area contributed by atoms with Crippen LogP contribution in [0.4, 0.5) is 0 Å². The minimum atomic E-state index is -0.202. The first kappa shape index (κ1) is 14.2. The topological polar surface area (TPSA) is 49.4 Å². The largest absolute Gasteiger partial charge is 0.312 e. The van der Waals surface area contributed by atoms with Crippen molar-refractivity contribution in [2.75, 3.05) is 13.1 Å². The molecule has 0 saturated carbocycles. The van der Waals surface area contributed by atoms with Gasteiger partial charge in [0, 0.05) is 23.6 Å². The highest BCUT2D eigenvalue weighted by Gasteiger charge is 2.34. The summed E-state index contributed by atoms with van der Waals surface area (Å²) in [7, 11) is 0. The van der Waals surface area contributed by atoms with Crippen LogP contribution in [0.2, 0.25) is 0 Å². The number of hydrogen-bond donors (Lipinski definition) is 1. The minimum absolute atomic E-state index is 0.196. The van der Waals surface area contributed by atoms with E-state index in [0.29, 0.717) is 30.3 Å². The van der Waals surface area contributed by atoms with E-state index >= 15 is 0 Å². The van der Waals surface area contributed by atoms with Gasteiger partial charge in [-0.15, -0.1) is 0 Å². The summed E-state index contributed by atoms with van der Waals surface area (Å²) in [4.78, 5) is 25.6. The monoisotopic (exact) mass is 324 g/mol. The van der Waals surface area contributed by atoms with Gasteiger partial charge < -0.3 is 5.32 Å². The predicted octanol–water partition coefficient (Wildman–Crippen LogP) is 2.43. The molecule has 0 aromatic heterocycles. The summed E-state index contributed by atoms with van der Waals surface area (Å²) in [5, 5.41) is 3.28. The van der Waals surface area contributed by atoms with E-state index < -0.39 is 0 Å². The van der Waals surface area contributed by atoms with Gasteiger partial charge >= 0.3 is 0 Å². The second kappa shape index (κ2) is 5.84. The summed E-state index contributed by atoms with van der Waals surface area (Å²) in [6, 6.07) is 5.58. The zero-order valence-corrected chi connectivity index (χ0v) is 12.7. The summed E-state index contributed by atoms with van der Waals surface area (Å²) >= 11 is 3.32. The van der Waals surface area contributed by atoms with E-state index in [1.807, 2.05) is 0 Å². The second-order valence-corrected chi connectivity index (χ2v) is 5.63. The normalized spacial score (nSPS) is 15.8. The summed E-state index contributed by atoms with van der Waals surface area (Å²) in [5.74, 6) is -0.397. The number of benzene rings is 1. The maximum Gasteiger partial charge on any atom is 0.261 e. The van der Waals surface area contributed by atoms with Crippen LogP contribution in [-0.2, 0) is 0 Å². The van der Waals surface area contributed by atoms with Crippen molar-refractivity contribution in [3.63, 3.8) is 0 Å². The molecule has 0 bridgehead atoms. The van der Waals surface area contributed by atoms with Crippen LogP contribution in [0.25, 0.3) is 0 Å². The fraction of sp³-hybridized carbons (Fsp3) is 0.429. The van der Waals surface area contributed by atoms with Crippen LogP contribution < -0.4 is 5.32 Å². The predicted molar refractivity (Wildman–Crippen MR) is 77.3 cm³/mol. The number of fused-ring (bicyclic) bond motifs is 1. The molecule has 2 amide bonds. The Bertz CT molecular complexity index is 516. The molecule has 1 aromatic rings. The highest BCUT2D eigenvalue weighted by atomic mass is 79.9. The fourth-order valence-electron chi connectivity index (χ4n) is 2.03. The Morgan fingerprint density at radius 1 is 1.26 bits per heavy atom. The quantitative estimate of drug-likeness (QED) is 0.846. The van der Waals surface area contributed by atoms with Crippen LogP contribution >= 0.6 is 15.9 Å². The van der Waals surface area contributed by atoms with Gasteiger partial charge in [-0.1, -0.05) is 22.9 Å². The fourth-order valence-corrected chi connectivity index (χ4v) is 2.39. The lowest BCUT2D eigenvalue weighted by molar-refractivity contribution is 0.0654. The van der Waals surface area contributed by atoms with Gasteiger partial charge in [-0.05, 0) is 31.5 Å². The van der Waals surface area contributed by atoms with Gasteiger partial charge in [0.2, 0.25) is 0 Å². The van der Waals surface area contributed by atoms with Crippen molar-refractivity contribution in [3.8, 4) is 0 Å². The molecule has 0 saturated heterocycles. The number of hydrogen-bond acceptors (Lipinski definition) is 3. The first-order chi connectivity index (χ1) is 9.04. The standard InChI is InChI=1S/C14H17BrN2O2/c1-3-9(2)16-6-7-17-13(18)11-5-4-10(15)8-12(11)14(17)19/h4-5,8-9,16H,3,6-7H2,1-2H3. The Morgan fingerprint density at radius 3 is 2.63 bits per heavy atom. The number of amides is 2. The molecule has 1 aliphatic rings. The summed E-state index contributed by atoms with van der Waals surface area (Å²) in [6.45, 7) is 5.21. The van der Waals surface area contributed by atoms with Gasteiger partial charge in [-0.2, -0.15) is 0 Å². The van der Waals surface area contributed by atoms with Crippen LogP contribution in [0.15, 0.2) is 22.7 Å². The lowest BCUT2D eigenvalue weighted by Gasteiger charge is -2.16. The molecule has 1 aromatic carbocycles. The highest BCUT2D eigenvalue weighted by Crippen LogP contribution is 2.25. The molecule has 1 unspecified atom stereocenters. The molecular formula is C14H17BrN2O2. The molecule has 0 fully saturated rings. The number of carbonyl (C=O) groups excluding carboxylic acids is 2. The van der Waals surface area contributed by atoms with Crippen LogP contribution in [-0.4, -0.2) is 35.8 Å². The summed E-state index contributed by atoms with van der Waals surface area (Å²) in [5.41, 5.74) is 0.986. The third kappa shape index (κ3) is 2.87. The molecule has 5 heteroatoms. The smallest absolute Gasteiger partial charge is 0.261 e. The van der Waals surface area contributed by atoms with Gasteiger partial charge in [0.1, 0.15) is 0 Å². The van der Waals surface area contributed by atoms with Crippen LogP contribution in [0.3, 0.4) is 0 Å². The maximum atomic E-state index is 12.2. The zero-order valence-electron chi connectivity index (χ0n) is 11.1. The third-order valence-electron chi connectivity index (χ3n) is 3.37. The first-order valence-electron chi connectivity index (χ1n) is 6.43. The number of rotatable bonds is 5. The average Bonchev–Trinajstić information content (AvgIpc) is 2.63. The molecule has 1 atom stereocenters. The Labute approximate surface area is 121 Å². The maximum absolute atomic E-state index is 12.2. The Kier molecular flexibility index (Phi) is 4.37. The number of imide groups is 1. The number of halogens is 1. The molecule has 0 spiro atoms. The Morgan fingerprint density at radius 2 is 1.95 bits per heavy atom. The molecule has 1 heterocycles. The van der Waals surface area contributed by atoms with Crippen LogP contribution in [0.5, 0.6) is 0 Å². The molecule has 19 heavy (non-hydrogen) atoms. The molecule has 0 radical (unpaired) electrons. The number of carbonyl (C=O) groups is 2. The summed E-state index contributed by atoms with van der Waals surface area (Å²) < 4.78 is 0.812. The summed E-state index contributed by atoms with van der Waals surface area (Å²) in [6.07, 6.45) is 1.02. The van der Waals surface area contributed by atoms with Crippen molar-refractivity contribution in [1.82, 2.24) is 10.2 Å². The van der Waals surface area contributed by atoms with Crippen molar-refractivity contribution >= 4 is 27.7 Å². The van der Waals surface area contributed by atoms with Crippen molar-refractivity contribution in [2.45, 2.75) is 26.3 Å². The van der Waals surface area contributed by atoms with E-state index in [-0.39, 0.29) is 11.8 Å². The van der Waals surface area contributed by atoms with E-state index in [9.17, 15) is 9.59 Å². The molecule has 1 aliphatic heterocycles. The Hall–Kier alpha value is -1.20.